The first-order chi connectivity index (χ1) is 23.6. The first-order valence-electron chi connectivity index (χ1n) is 15.1. The van der Waals surface area contributed by atoms with Crippen LogP contribution in [-0.2, 0) is 20.4 Å². The molecule has 0 radical (unpaired) electrons. The number of ether oxygens (including phenoxy) is 4. The average Bonchev–Trinajstić information content (AvgIpc) is 3.06. The lowest BCUT2D eigenvalue weighted by atomic mass is 10.1. The number of hydrogen-bond acceptors (Lipinski definition) is 10. The zero-order valence-electron chi connectivity index (χ0n) is 26.2. The molecule has 3 aromatic carbocycles. The van der Waals surface area contributed by atoms with E-state index in [-0.39, 0.29) is 43.3 Å². The van der Waals surface area contributed by atoms with Crippen molar-refractivity contribution >= 4 is 29.4 Å². The molecular formula is C33H31F5N2O10. The van der Waals surface area contributed by atoms with Gasteiger partial charge < -0.3 is 18.9 Å². The number of halogens is 5. The van der Waals surface area contributed by atoms with Gasteiger partial charge in [-0.25, -0.2) is 9.59 Å². The van der Waals surface area contributed by atoms with E-state index in [1.807, 2.05) is 0 Å². The molecule has 3 rings (SSSR count). The van der Waals surface area contributed by atoms with Gasteiger partial charge in [0.1, 0.15) is 11.5 Å². The molecule has 0 unspecified atom stereocenters. The molecule has 268 valence electrons. The Bertz CT molecular complexity index is 1610. The highest BCUT2D eigenvalue weighted by atomic mass is 19.4. The number of alkyl halides is 5. The molecule has 0 saturated heterocycles. The number of esters is 2. The Labute approximate surface area is 281 Å². The second-order valence-corrected chi connectivity index (χ2v) is 10.6. The summed E-state index contributed by atoms with van der Waals surface area (Å²) in [6, 6.07) is 12.5. The maximum absolute atomic E-state index is 14.7. The highest BCUT2D eigenvalue weighted by molar-refractivity contribution is 5.91. The highest BCUT2D eigenvalue weighted by Crippen LogP contribution is 2.33. The van der Waals surface area contributed by atoms with Gasteiger partial charge in [0, 0.05) is 24.6 Å². The van der Waals surface area contributed by atoms with Crippen LogP contribution in [0.2, 0.25) is 0 Å². The van der Waals surface area contributed by atoms with E-state index in [1.165, 1.54) is 42.5 Å². The minimum absolute atomic E-state index is 0.0312. The van der Waals surface area contributed by atoms with Crippen molar-refractivity contribution in [2.45, 2.75) is 50.8 Å². The summed E-state index contributed by atoms with van der Waals surface area (Å²) >= 11 is 0. The van der Waals surface area contributed by atoms with E-state index < -0.39 is 57.4 Å². The summed E-state index contributed by atoms with van der Waals surface area (Å²) in [5.74, 6) is -1.58. The first-order valence-corrected chi connectivity index (χ1v) is 15.1. The number of nitro benzene ring substituents is 2. The Morgan fingerprint density at radius 3 is 1.82 bits per heavy atom. The molecule has 50 heavy (non-hydrogen) atoms. The van der Waals surface area contributed by atoms with Crippen LogP contribution in [0.5, 0.6) is 11.5 Å². The van der Waals surface area contributed by atoms with E-state index in [4.69, 9.17) is 18.9 Å². The van der Waals surface area contributed by atoms with Crippen LogP contribution in [-0.4, -0.2) is 47.8 Å². The lowest BCUT2D eigenvalue weighted by molar-refractivity contribution is -0.394. The second-order valence-electron chi connectivity index (χ2n) is 10.6. The summed E-state index contributed by atoms with van der Waals surface area (Å²) in [5.41, 5.74) is -1.57. The molecule has 0 amide bonds. The number of unbranched alkanes of at least 4 members (excludes halogenated alkanes) is 3. The number of rotatable bonds is 19. The molecule has 0 N–H and O–H groups in total. The number of carbonyl (C=O) groups excluding carboxylic acids is 2. The molecule has 0 aliphatic carbocycles. The lowest BCUT2D eigenvalue weighted by Crippen LogP contribution is -2.21. The van der Waals surface area contributed by atoms with Gasteiger partial charge in [0.25, 0.3) is 11.4 Å². The minimum atomic E-state index is -4.29. The number of hydrogen-bond donors (Lipinski definition) is 0. The normalized spacial score (nSPS) is 11.6. The summed E-state index contributed by atoms with van der Waals surface area (Å²) in [7, 11) is 0. The van der Waals surface area contributed by atoms with Crippen LogP contribution in [0, 0.1) is 20.2 Å². The molecule has 0 atom stereocenters. The Morgan fingerprint density at radius 1 is 0.700 bits per heavy atom. The Balaban J connectivity index is 1.33. The summed E-state index contributed by atoms with van der Waals surface area (Å²) in [6.07, 6.45) is -4.62. The Kier molecular flexibility index (Phi) is 14.2. The lowest BCUT2D eigenvalue weighted by Gasteiger charge is -2.18. The molecule has 0 bridgehead atoms. The standard InChI is InChI=1S/C33H31F5N2O10/c34-32(35,36)16-5-19-47-28-11-13-29(14-12-28)50-33(37,38)25-9-6-23(7-10-25)8-15-30(41)48-17-3-1-2-4-18-49-31(42)24-20-26(39(43)44)22-27(21-24)40(45)46/h6-15,20-22H,1-5,16-19H2. The summed E-state index contributed by atoms with van der Waals surface area (Å²) in [5, 5.41) is 21.9. The van der Waals surface area contributed by atoms with Crippen molar-refractivity contribution in [1.29, 1.82) is 0 Å². The van der Waals surface area contributed by atoms with Crippen molar-refractivity contribution in [3.8, 4) is 11.5 Å². The van der Waals surface area contributed by atoms with Crippen molar-refractivity contribution in [1.82, 2.24) is 0 Å². The average molecular weight is 711 g/mol. The van der Waals surface area contributed by atoms with Crippen LogP contribution >= 0.6 is 0 Å². The third-order valence-electron chi connectivity index (χ3n) is 6.68. The molecule has 0 aliphatic heterocycles. The van der Waals surface area contributed by atoms with Crippen molar-refractivity contribution in [2.24, 2.45) is 0 Å². The Hall–Kier alpha value is -5.61. The monoisotopic (exact) mass is 710 g/mol. The highest BCUT2D eigenvalue weighted by Gasteiger charge is 2.34. The van der Waals surface area contributed by atoms with Gasteiger partial charge in [0.2, 0.25) is 0 Å². The van der Waals surface area contributed by atoms with Crippen LogP contribution < -0.4 is 9.47 Å². The molecule has 0 aliphatic rings. The number of benzene rings is 3. The van der Waals surface area contributed by atoms with Gasteiger partial charge in [-0.2, -0.15) is 22.0 Å². The van der Waals surface area contributed by atoms with Crippen molar-refractivity contribution in [3.63, 3.8) is 0 Å². The Morgan fingerprint density at radius 2 is 1.26 bits per heavy atom. The van der Waals surface area contributed by atoms with E-state index in [2.05, 4.69) is 0 Å². The second kappa shape index (κ2) is 18.2. The van der Waals surface area contributed by atoms with Crippen LogP contribution in [0.1, 0.15) is 60.0 Å². The molecule has 0 saturated carbocycles. The predicted molar refractivity (Wildman–Crippen MR) is 167 cm³/mol. The number of carbonyl (C=O) groups is 2. The molecule has 0 heterocycles. The quantitative estimate of drug-likeness (QED) is 0.0296. The fraction of sp³-hybridized carbons (Fsp3) is 0.333. The topological polar surface area (TPSA) is 157 Å². The fourth-order valence-corrected chi connectivity index (χ4v) is 4.18. The third-order valence-corrected chi connectivity index (χ3v) is 6.68. The van der Waals surface area contributed by atoms with Gasteiger partial charge in [-0.1, -0.05) is 12.1 Å². The number of non-ortho nitro benzene ring substituents is 2. The van der Waals surface area contributed by atoms with Gasteiger partial charge in [-0.3, -0.25) is 20.2 Å². The smallest absolute Gasteiger partial charge is 0.426 e. The number of nitro groups is 2. The zero-order valence-corrected chi connectivity index (χ0v) is 26.2. The van der Waals surface area contributed by atoms with E-state index in [0.29, 0.717) is 31.2 Å². The van der Waals surface area contributed by atoms with Crippen molar-refractivity contribution in [3.05, 3.63) is 110 Å². The van der Waals surface area contributed by atoms with Crippen molar-refractivity contribution < 1.29 is 60.3 Å². The van der Waals surface area contributed by atoms with E-state index in [1.54, 1.807) is 0 Å². The van der Waals surface area contributed by atoms with E-state index in [9.17, 15) is 51.8 Å². The maximum atomic E-state index is 14.7. The molecular weight excluding hydrogens is 679 g/mol. The van der Waals surface area contributed by atoms with Crippen LogP contribution in [0.25, 0.3) is 6.08 Å². The predicted octanol–water partition coefficient (Wildman–Crippen LogP) is 8.33. The number of nitrogens with zero attached hydrogens (tertiary/aromatic N) is 2. The first kappa shape index (κ1) is 38.8. The molecule has 3 aromatic rings. The maximum Gasteiger partial charge on any atom is 0.426 e. The molecule has 12 nitrogen and oxygen atoms in total. The van der Waals surface area contributed by atoms with Crippen molar-refractivity contribution in [2.75, 3.05) is 19.8 Å². The third kappa shape index (κ3) is 13.5. The van der Waals surface area contributed by atoms with Crippen LogP contribution in [0.3, 0.4) is 0 Å². The summed E-state index contributed by atoms with van der Waals surface area (Å²) < 4.78 is 86.1. The summed E-state index contributed by atoms with van der Waals surface area (Å²) in [6.45, 7) is -0.128. The van der Waals surface area contributed by atoms with E-state index >= 15 is 0 Å². The molecule has 0 fully saturated rings. The molecule has 0 aromatic heterocycles. The van der Waals surface area contributed by atoms with Gasteiger partial charge in [-0.15, -0.1) is 0 Å². The minimum Gasteiger partial charge on any atom is -0.494 e. The molecule has 0 spiro atoms. The zero-order chi connectivity index (χ0) is 36.7. The van der Waals surface area contributed by atoms with Crippen LogP contribution in [0.15, 0.2) is 72.8 Å². The van der Waals surface area contributed by atoms with Crippen LogP contribution in [0.4, 0.5) is 33.3 Å². The molecule has 17 heteroatoms. The largest absolute Gasteiger partial charge is 0.494 e. The fourth-order valence-electron chi connectivity index (χ4n) is 4.18. The van der Waals surface area contributed by atoms with Gasteiger partial charge >= 0.3 is 24.2 Å². The van der Waals surface area contributed by atoms with E-state index in [0.717, 1.165) is 36.4 Å². The van der Waals surface area contributed by atoms with Gasteiger partial charge in [-0.05, 0) is 80.1 Å². The van der Waals surface area contributed by atoms with Gasteiger partial charge in [0.15, 0.2) is 0 Å². The SMILES string of the molecule is O=C(C=Cc1ccc(C(F)(F)Oc2ccc(OCCCC(F)(F)F)cc2)cc1)OCCCCCCOC(=O)c1cc([N+](=O)[O-])cc([N+](=O)[O-])c1. The van der Waals surface area contributed by atoms with Gasteiger partial charge in [0.05, 0.1) is 46.9 Å². The summed E-state index contributed by atoms with van der Waals surface area (Å²) in [4.78, 5) is 44.4.